The molecule has 0 atom stereocenters. The molecule has 0 aliphatic heterocycles. The van der Waals surface area contributed by atoms with E-state index < -0.39 is 10.4 Å². The third-order valence-electron chi connectivity index (χ3n) is 2.81. The van der Waals surface area contributed by atoms with Crippen molar-refractivity contribution >= 4 is 22.2 Å². The predicted octanol–water partition coefficient (Wildman–Crippen LogP) is 4.07. The number of unbranched alkanes of at least 4 members (excludes halogenated alkanes) is 7. The minimum Gasteiger partial charge on any atom is -0.264 e. The van der Waals surface area contributed by atoms with Gasteiger partial charge in [-0.3, -0.25) is 4.55 Å². The quantitative estimate of drug-likeness (QED) is 0.387. The van der Waals surface area contributed by atoms with Gasteiger partial charge in [0, 0.05) is 0 Å². The SMILES string of the molecule is CCCCCCCSCCCCCCOS(=O)(=O)O. The minimum absolute atomic E-state index is 0.0867. The van der Waals surface area contributed by atoms with Gasteiger partial charge in [0.05, 0.1) is 6.61 Å². The number of rotatable bonds is 14. The van der Waals surface area contributed by atoms with Crippen LogP contribution in [-0.2, 0) is 14.6 Å². The summed E-state index contributed by atoms with van der Waals surface area (Å²) in [5.41, 5.74) is 0. The lowest BCUT2D eigenvalue weighted by atomic mass is 10.2. The van der Waals surface area contributed by atoms with Crippen molar-refractivity contribution in [2.24, 2.45) is 0 Å². The van der Waals surface area contributed by atoms with E-state index >= 15 is 0 Å². The number of hydrogen-bond donors (Lipinski definition) is 1. The van der Waals surface area contributed by atoms with E-state index in [1.54, 1.807) is 0 Å². The molecule has 0 amide bonds. The third-order valence-corrected chi connectivity index (χ3v) is 4.43. The highest BCUT2D eigenvalue weighted by atomic mass is 32.3. The van der Waals surface area contributed by atoms with Crippen LogP contribution in [0.4, 0.5) is 0 Å². The first-order chi connectivity index (χ1) is 9.06. The average molecular weight is 312 g/mol. The molecule has 1 N–H and O–H groups in total. The van der Waals surface area contributed by atoms with Gasteiger partial charge in [0.25, 0.3) is 0 Å². The van der Waals surface area contributed by atoms with Crippen LogP contribution in [0.15, 0.2) is 0 Å². The zero-order valence-electron chi connectivity index (χ0n) is 12.0. The van der Waals surface area contributed by atoms with Crippen LogP contribution in [0.3, 0.4) is 0 Å². The molecule has 0 aromatic heterocycles. The van der Waals surface area contributed by atoms with Gasteiger partial charge in [-0.25, -0.2) is 4.18 Å². The lowest BCUT2D eigenvalue weighted by Gasteiger charge is -2.03. The second-order valence-electron chi connectivity index (χ2n) is 4.69. The maximum Gasteiger partial charge on any atom is 0.397 e. The summed E-state index contributed by atoms with van der Waals surface area (Å²) in [7, 11) is -4.24. The van der Waals surface area contributed by atoms with Crippen molar-refractivity contribution in [2.45, 2.75) is 64.7 Å². The normalized spacial score (nSPS) is 11.9. The van der Waals surface area contributed by atoms with Crippen LogP contribution in [0.2, 0.25) is 0 Å². The molecular weight excluding hydrogens is 284 g/mol. The summed E-state index contributed by atoms with van der Waals surface area (Å²) in [6, 6.07) is 0. The van der Waals surface area contributed by atoms with E-state index in [2.05, 4.69) is 11.1 Å². The third kappa shape index (κ3) is 18.2. The highest BCUT2D eigenvalue weighted by Crippen LogP contribution is 2.12. The molecule has 0 unspecified atom stereocenters. The van der Waals surface area contributed by atoms with Gasteiger partial charge in [-0.1, -0.05) is 45.4 Å². The smallest absolute Gasteiger partial charge is 0.264 e. The summed E-state index contributed by atoms with van der Waals surface area (Å²) in [6.45, 7) is 2.32. The van der Waals surface area contributed by atoms with Gasteiger partial charge >= 0.3 is 10.4 Å². The Morgan fingerprint density at radius 3 is 1.95 bits per heavy atom. The van der Waals surface area contributed by atoms with Crippen LogP contribution in [-0.4, -0.2) is 31.1 Å². The van der Waals surface area contributed by atoms with Crippen molar-refractivity contribution in [2.75, 3.05) is 18.1 Å². The fourth-order valence-electron chi connectivity index (χ4n) is 1.73. The van der Waals surface area contributed by atoms with Crippen LogP contribution < -0.4 is 0 Å². The second kappa shape index (κ2) is 13.2. The van der Waals surface area contributed by atoms with E-state index in [1.807, 2.05) is 11.8 Å². The zero-order valence-corrected chi connectivity index (χ0v) is 13.6. The van der Waals surface area contributed by atoms with Gasteiger partial charge in [0.15, 0.2) is 0 Å². The second-order valence-corrected chi connectivity index (χ2v) is 7.01. The van der Waals surface area contributed by atoms with E-state index in [1.165, 1.54) is 50.0 Å². The van der Waals surface area contributed by atoms with E-state index in [9.17, 15) is 8.42 Å². The van der Waals surface area contributed by atoms with Gasteiger partial charge in [0.1, 0.15) is 0 Å². The van der Waals surface area contributed by atoms with Crippen LogP contribution in [0.1, 0.15) is 64.7 Å². The molecule has 0 rings (SSSR count). The summed E-state index contributed by atoms with van der Waals surface area (Å²) in [5, 5.41) is 0. The lowest BCUT2D eigenvalue weighted by Crippen LogP contribution is -2.04. The molecule has 4 nitrogen and oxygen atoms in total. The summed E-state index contributed by atoms with van der Waals surface area (Å²) < 4.78 is 33.1. The van der Waals surface area contributed by atoms with Gasteiger partial charge in [0.2, 0.25) is 0 Å². The van der Waals surface area contributed by atoms with Gasteiger partial charge in [-0.2, -0.15) is 20.2 Å². The van der Waals surface area contributed by atoms with E-state index in [4.69, 9.17) is 4.55 Å². The molecule has 19 heavy (non-hydrogen) atoms. The molecule has 0 bridgehead atoms. The molecule has 0 spiro atoms. The van der Waals surface area contributed by atoms with E-state index in [0.717, 1.165) is 12.8 Å². The summed E-state index contributed by atoms with van der Waals surface area (Å²) in [5.74, 6) is 2.45. The first-order valence-electron chi connectivity index (χ1n) is 7.26. The van der Waals surface area contributed by atoms with Crippen molar-refractivity contribution in [3.8, 4) is 0 Å². The molecule has 0 aromatic carbocycles. The van der Waals surface area contributed by atoms with Crippen molar-refractivity contribution in [1.82, 2.24) is 0 Å². The highest BCUT2D eigenvalue weighted by Gasteiger charge is 2.02. The Labute approximate surface area is 122 Å². The van der Waals surface area contributed by atoms with Crippen LogP contribution in [0, 0.1) is 0 Å². The van der Waals surface area contributed by atoms with Gasteiger partial charge in [-0.15, -0.1) is 0 Å². The topological polar surface area (TPSA) is 63.6 Å². The lowest BCUT2D eigenvalue weighted by molar-refractivity contribution is 0.262. The molecule has 0 heterocycles. The summed E-state index contributed by atoms with van der Waals surface area (Å²) in [6.07, 6.45) is 10.6. The maximum atomic E-state index is 10.3. The monoisotopic (exact) mass is 312 g/mol. The Morgan fingerprint density at radius 1 is 0.895 bits per heavy atom. The summed E-state index contributed by atoms with van der Waals surface area (Å²) >= 11 is 2.01. The Kier molecular flexibility index (Phi) is 13.4. The molecular formula is C13H28O4S2. The molecule has 0 fully saturated rings. The first-order valence-corrected chi connectivity index (χ1v) is 9.78. The Hall–Kier alpha value is 0.220. The first kappa shape index (κ1) is 19.2. The molecule has 6 heteroatoms. The Balaban J connectivity index is 3.03. The molecule has 0 saturated heterocycles. The highest BCUT2D eigenvalue weighted by molar-refractivity contribution is 7.99. The Bertz CT molecular complexity index is 278. The molecule has 0 aliphatic rings. The maximum absolute atomic E-state index is 10.3. The van der Waals surface area contributed by atoms with Gasteiger partial charge < -0.3 is 0 Å². The van der Waals surface area contributed by atoms with Crippen molar-refractivity contribution in [1.29, 1.82) is 0 Å². The zero-order chi connectivity index (χ0) is 14.4. The van der Waals surface area contributed by atoms with Crippen molar-refractivity contribution in [3.05, 3.63) is 0 Å². The minimum atomic E-state index is -4.24. The van der Waals surface area contributed by atoms with Gasteiger partial charge in [-0.05, 0) is 30.8 Å². The molecule has 0 radical (unpaired) electrons. The fourth-order valence-corrected chi connectivity index (χ4v) is 3.08. The molecule has 0 saturated carbocycles. The molecule has 0 aromatic rings. The average Bonchev–Trinajstić information content (AvgIpc) is 2.34. The summed E-state index contributed by atoms with van der Waals surface area (Å²) in [4.78, 5) is 0. The molecule has 0 aliphatic carbocycles. The fraction of sp³-hybridized carbons (Fsp3) is 1.00. The Morgan fingerprint density at radius 2 is 1.42 bits per heavy atom. The van der Waals surface area contributed by atoms with E-state index in [0.29, 0.717) is 6.42 Å². The van der Waals surface area contributed by atoms with Crippen molar-refractivity contribution < 1.29 is 17.2 Å². The van der Waals surface area contributed by atoms with Crippen LogP contribution >= 0.6 is 11.8 Å². The van der Waals surface area contributed by atoms with Crippen LogP contribution in [0.5, 0.6) is 0 Å². The molecule has 116 valence electrons. The van der Waals surface area contributed by atoms with Crippen LogP contribution in [0.25, 0.3) is 0 Å². The number of hydrogen-bond acceptors (Lipinski definition) is 4. The standard InChI is InChI=1S/C13H28O4S2/c1-2-3-4-6-9-12-18-13-10-7-5-8-11-17-19(14,15)16/h2-13H2,1H3,(H,14,15,16). The van der Waals surface area contributed by atoms with E-state index in [-0.39, 0.29) is 6.61 Å². The predicted molar refractivity (Wildman–Crippen MR) is 82.1 cm³/mol. The number of thioether (sulfide) groups is 1. The largest absolute Gasteiger partial charge is 0.397 e. The van der Waals surface area contributed by atoms with Crippen molar-refractivity contribution in [3.63, 3.8) is 0 Å².